The standard InChI is InChI=1S/C24H20BrN3O/c1-16(17-11-13-21(25)14-12-17)26-24(29)20-9-7-19(8-10-20)23-15-22(27-28-23)18-5-3-2-4-6-18/h2-16H,1H3,(H,26,29)(H,27,28). The molecule has 29 heavy (non-hydrogen) atoms. The SMILES string of the molecule is CC(NC(=O)c1ccc(-c2cc(-c3ccccc3)n[nH]2)cc1)c1ccc(Br)cc1. The highest BCUT2D eigenvalue weighted by atomic mass is 79.9. The lowest BCUT2D eigenvalue weighted by Crippen LogP contribution is -2.26. The van der Waals surface area contributed by atoms with Gasteiger partial charge in [0.05, 0.1) is 17.4 Å². The highest BCUT2D eigenvalue weighted by Crippen LogP contribution is 2.24. The molecule has 4 nitrogen and oxygen atoms in total. The predicted octanol–water partition coefficient (Wildman–Crippen LogP) is 6.00. The van der Waals surface area contributed by atoms with Crippen molar-refractivity contribution in [3.8, 4) is 22.5 Å². The molecule has 0 aliphatic carbocycles. The van der Waals surface area contributed by atoms with Gasteiger partial charge in [0, 0.05) is 15.6 Å². The van der Waals surface area contributed by atoms with Crippen LogP contribution in [0.4, 0.5) is 0 Å². The zero-order valence-corrected chi connectivity index (χ0v) is 17.5. The first kappa shape index (κ1) is 19.2. The van der Waals surface area contributed by atoms with E-state index >= 15 is 0 Å². The van der Waals surface area contributed by atoms with Crippen LogP contribution in [-0.2, 0) is 0 Å². The van der Waals surface area contributed by atoms with E-state index in [1.165, 1.54) is 0 Å². The highest BCUT2D eigenvalue weighted by molar-refractivity contribution is 9.10. The average Bonchev–Trinajstić information content (AvgIpc) is 3.25. The molecule has 0 bridgehead atoms. The maximum absolute atomic E-state index is 12.6. The molecule has 0 radical (unpaired) electrons. The van der Waals surface area contributed by atoms with Crippen LogP contribution in [0.2, 0.25) is 0 Å². The minimum atomic E-state index is -0.0958. The van der Waals surface area contributed by atoms with Crippen LogP contribution in [0.5, 0.6) is 0 Å². The Hall–Kier alpha value is -3.18. The van der Waals surface area contributed by atoms with Crippen molar-refractivity contribution in [2.45, 2.75) is 13.0 Å². The van der Waals surface area contributed by atoms with Crippen molar-refractivity contribution in [1.29, 1.82) is 0 Å². The van der Waals surface area contributed by atoms with Crippen molar-refractivity contribution in [2.75, 3.05) is 0 Å². The molecular formula is C24H20BrN3O. The van der Waals surface area contributed by atoms with Gasteiger partial charge in [-0.15, -0.1) is 0 Å². The average molecular weight is 446 g/mol. The van der Waals surface area contributed by atoms with Crippen LogP contribution < -0.4 is 5.32 Å². The first-order valence-electron chi connectivity index (χ1n) is 9.38. The van der Waals surface area contributed by atoms with Crippen LogP contribution in [0.1, 0.15) is 28.9 Å². The van der Waals surface area contributed by atoms with Crippen molar-refractivity contribution in [3.63, 3.8) is 0 Å². The number of hydrogen-bond acceptors (Lipinski definition) is 2. The zero-order chi connectivity index (χ0) is 20.2. The van der Waals surface area contributed by atoms with Crippen LogP contribution in [0.25, 0.3) is 22.5 Å². The molecule has 1 aromatic heterocycles. The number of aromatic nitrogens is 2. The van der Waals surface area contributed by atoms with Crippen LogP contribution in [-0.4, -0.2) is 16.1 Å². The third-order valence-electron chi connectivity index (χ3n) is 4.82. The molecule has 5 heteroatoms. The molecule has 3 aromatic carbocycles. The van der Waals surface area contributed by atoms with E-state index in [1.807, 2.05) is 91.9 Å². The van der Waals surface area contributed by atoms with E-state index in [9.17, 15) is 4.79 Å². The van der Waals surface area contributed by atoms with Crippen molar-refractivity contribution in [2.24, 2.45) is 0 Å². The number of nitrogens with zero attached hydrogens (tertiary/aromatic N) is 1. The molecule has 4 aromatic rings. The van der Waals surface area contributed by atoms with Gasteiger partial charge >= 0.3 is 0 Å². The number of nitrogens with one attached hydrogen (secondary N) is 2. The third kappa shape index (κ3) is 4.46. The Labute approximate surface area is 178 Å². The van der Waals surface area contributed by atoms with Gasteiger partial charge in [-0.3, -0.25) is 9.89 Å². The molecule has 0 aliphatic rings. The molecule has 0 saturated heterocycles. The van der Waals surface area contributed by atoms with Crippen molar-refractivity contribution in [1.82, 2.24) is 15.5 Å². The molecule has 0 fully saturated rings. The highest BCUT2D eigenvalue weighted by Gasteiger charge is 2.12. The lowest BCUT2D eigenvalue weighted by atomic mass is 10.1. The van der Waals surface area contributed by atoms with E-state index in [0.29, 0.717) is 5.56 Å². The summed E-state index contributed by atoms with van der Waals surface area (Å²) in [6.07, 6.45) is 0. The van der Waals surface area contributed by atoms with E-state index in [0.717, 1.165) is 32.6 Å². The third-order valence-corrected chi connectivity index (χ3v) is 5.35. The number of halogens is 1. The summed E-state index contributed by atoms with van der Waals surface area (Å²) in [5, 5.41) is 10.5. The Kier molecular flexibility index (Phi) is 5.58. The van der Waals surface area contributed by atoms with Gasteiger partial charge in [-0.1, -0.05) is 70.5 Å². The maximum atomic E-state index is 12.6. The Bertz CT molecular complexity index is 1100. The van der Waals surface area contributed by atoms with E-state index in [4.69, 9.17) is 0 Å². The molecule has 1 unspecified atom stereocenters. The van der Waals surface area contributed by atoms with E-state index < -0.39 is 0 Å². The largest absolute Gasteiger partial charge is 0.346 e. The summed E-state index contributed by atoms with van der Waals surface area (Å²) in [7, 11) is 0. The van der Waals surface area contributed by atoms with Gasteiger partial charge in [-0.25, -0.2) is 0 Å². The Morgan fingerprint density at radius 3 is 2.31 bits per heavy atom. The lowest BCUT2D eigenvalue weighted by Gasteiger charge is -2.14. The summed E-state index contributed by atoms with van der Waals surface area (Å²) in [5.74, 6) is -0.0958. The fourth-order valence-electron chi connectivity index (χ4n) is 3.14. The van der Waals surface area contributed by atoms with E-state index in [1.54, 1.807) is 0 Å². The quantitative estimate of drug-likeness (QED) is 0.395. The van der Waals surface area contributed by atoms with Gasteiger partial charge < -0.3 is 5.32 Å². The summed E-state index contributed by atoms with van der Waals surface area (Å²) in [4.78, 5) is 12.6. The van der Waals surface area contributed by atoms with Crippen LogP contribution in [0.3, 0.4) is 0 Å². The van der Waals surface area contributed by atoms with Crippen LogP contribution in [0, 0.1) is 0 Å². The van der Waals surface area contributed by atoms with E-state index in [2.05, 4.69) is 31.4 Å². The van der Waals surface area contributed by atoms with Gasteiger partial charge in [-0.2, -0.15) is 5.10 Å². The number of carbonyl (C=O) groups excluding carboxylic acids is 1. The van der Waals surface area contributed by atoms with Gasteiger partial charge in [-0.05, 0) is 48.4 Å². The molecule has 0 aliphatic heterocycles. The molecule has 144 valence electrons. The second-order valence-corrected chi connectivity index (χ2v) is 7.77. The molecule has 2 N–H and O–H groups in total. The smallest absolute Gasteiger partial charge is 0.251 e. The number of aromatic amines is 1. The number of amides is 1. The maximum Gasteiger partial charge on any atom is 0.251 e. The number of H-pyrrole nitrogens is 1. The summed E-state index contributed by atoms with van der Waals surface area (Å²) >= 11 is 3.43. The van der Waals surface area contributed by atoms with Gasteiger partial charge in [0.2, 0.25) is 0 Å². The molecule has 1 amide bonds. The summed E-state index contributed by atoms with van der Waals surface area (Å²) < 4.78 is 1.02. The van der Waals surface area contributed by atoms with Gasteiger partial charge in [0.1, 0.15) is 0 Å². The molecule has 0 spiro atoms. The van der Waals surface area contributed by atoms with Gasteiger partial charge in [0.15, 0.2) is 0 Å². The molecule has 4 rings (SSSR count). The topological polar surface area (TPSA) is 57.8 Å². The van der Waals surface area contributed by atoms with Crippen LogP contribution in [0.15, 0.2) is 89.4 Å². The Morgan fingerprint density at radius 2 is 1.62 bits per heavy atom. The second kappa shape index (κ2) is 8.45. The monoisotopic (exact) mass is 445 g/mol. The molecule has 0 saturated carbocycles. The number of rotatable bonds is 5. The summed E-state index contributed by atoms with van der Waals surface area (Å²) in [6.45, 7) is 1.98. The fourth-order valence-corrected chi connectivity index (χ4v) is 3.41. The normalized spacial score (nSPS) is 11.8. The van der Waals surface area contributed by atoms with Crippen molar-refractivity contribution < 1.29 is 4.79 Å². The molecular weight excluding hydrogens is 426 g/mol. The van der Waals surface area contributed by atoms with E-state index in [-0.39, 0.29) is 11.9 Å². The lowest BCUT2D eigenvalue weighted by molar-refractivity contribution is 0.0940. The first-order chi connectivity index (χ1) is 14.1. The first-order valence-corrected chi connectivity index (χ1v) is 10.2. The summed E-state index contributed by atoms with van der Waals surface area (Å²) in [5.41, 5.74) is 5.54. The predicted molar refractivity (Wildman–Crippen MR) is 119 cm³/mol. The Morgan fingerprint density at radius 1 is 0.931 bits per heavy atom. The number of hydrogen-bond donors (Lipinski definition) is 2. The number of carbonyl (C=O) groups is 1. The minimum absolute atomic E-state index is 0.0729. The fraction of sp³-hybridized carbons (Fsp3) is 0.0833. The van der Waals surface area contributed by atoms with Crippen LogP contribution >= 0.6 is 15.9 Å². The second-order valence-electron chi connectivity index (χ2n) is 6.86. The van der Waals surface area contributed by atoms with Crippen molar-refractivity contribution in [3.05, 3.63) is 101 Å². The summed E-state index contributed by atoms with van der Waals surface area (Å²) in [6, 6.07) is 27.4. The van der Waals surface area contributed by atoms with Gasteiger partial charge in [0.25, 0.3) is 5.91 Å². The zero-order valence-electron chi connectivity index (χ0n) is 15.9. The van der Waals surface area contributed by atoms with Crippen molar-refractivity contribution >= 4 is 21.8 Å². The molecule has 1 atom stereocenters. The Balaban J connectivity index is 1.45. The minimum Gasteiger partial charge on any atom is -0.346 e. The number of benzene rings is 3. The molecule has 1 heterocycles.